The second-order valence-electron chi connectivity index (χ2n) is 14.3. The Balaban J connectivity index is 1.78. The number of likely N-dealkylation sites (N-methyl/N-ethyl adjacent to an activating group) is 1. The SMILES string of the molecule is CC[C@H](C)[C@@H]([C@@H](CC(=O)N1CCC[C@H]1[C@H](OC)[C@@H](C)C(=O)N[C@@](C)(Cc1ccccc1)C(=O)O)OC)N(C)C(=O)[C@@H](Nc1cnccn1)C(C)C. The maximum absolute atomic E-state index is 14.1. The number of anilines is 1. The van der Waals surface area contributed by atoms with Crippen LogP contribution in [0.1, 0.15) is 72.8 Å². The Bertz CT molecular complexity index is 1430. The molecule has 0 saturated carbocycles. The molecule has 3 rings (SSSR count). The van der Waals surface area contributed by atoms with Crippen LogP contribution >= 0.6 is 0 Å². The molecule has 2 aromatic rings. The number of aromatic nitrogens is 2. The summed E-state index contributed by atoms with van der Waals surface area (Å²) in [5.41, 5.74) is -0.766. The molecular weight excluding hydrogens is 652 g/mol. The molecule has 1 aliphatic rings. The van der Waals surface area contributed by atoms with Crippen molar-refractivity contribution in [2.45, 2.75) is 110 Å². The van der Waals surface area contributed by atoms with Crippen molar-refractivity contribution in [2.24, 2.45) is 17.8 Å². The Morgan fingerprint density at radius 3 is 2.31 bits per heavy atom. The Morgan fingerprint density at radius 1 is 1.08 bits per heavy atom. The second kappa shape index (κ2) is 18.9. The number of amides is 3. The van der Waals surface area contributed by atoms with Gasteiger partial charge >= 0.3 is 5.97 Å². The number of carboxylic acids is 1. The molecule has 0 radical (unpaired) electrons. The van der Waals surface area contributed by atoms with E-state index in [0.29, 0.717) is 18.8 Å². The molecule has 13 nitrogen and oxygen atoms in total. The molecule has 0 unspecified atom stereocenters. The van der Waals surface area contributed by atoms with Crippen LogP contribution in [-0.4, -0.2) is 112 Å². The zero-order valence-corrected chi connectivity index (χ0v) is 31.7. The molecule has 1 aliphatic heterocycles. The molecule has 282 valence electrons. The lowest BCUT2D eigenvalue weighted by Crippen LogP contribution is -2.58. The average molecular weight is 711 g/mol. The summed E-state index contributed by atoms with van der Waals surface area (Å²) >= 11 is 0. The summed E-state index contributed by atoms with van der Waals surface area (Å²) in [4.78, 5) is 66.0. The maximum Gasteiger partial charge on any atom is 0.329 e. The fourth-order valence-electron chi connectivity index (χ4n) is 7.14. The lowest BCUT2D eigenvalue weighted by Gasteiger charge is -2.41. The van der Waals surface area contributed by atoms with Crippen molar-refractivity contribution in [3.63, 3.8) is 0 Å². The third kappa shape index (κ3) is 10.5. The largest absolute Gasteiger partial charge is 0.480 e. The van der Waals surface area contributed by atoms with Crippen LogP contribution in [0.2, 0.25) is 0 Å². The summed E-state index contributed by atoms with van der Waals surface area (Å²) in [5.74, 6) is -2.24. The van der Waals surface area contributed by atoms with Crippen LogP contribution in [0.4, 0.5) is 5.82 Å². The van der Waals surface area contributed by atoms with E-state index in [4.69, 9.17) is 9.47 Å². The summed E-state index contributed by atoms with van der Waals surface area (Å²) in [6.45, 7) is 11.7. The van der Waals surface area contributed by atoms with E-state index >= 15 is 0 Å². The van der Waals surface area contributed by atoms with Gasteiger partial charge in [-0.15, -0.1) is 0 Å². The number of aliphatic carboxylic acids is 1. The molecule has 0 bridgehead atoms. The van der Waals surface area contributed by atoms with Crippen molar-refractivity contribution in [3.8, 4) is 0 Å². The van der Waals surface area contributed by atoms with Gasteiger partial charge in [0.05, 0.1) is 42.8 Å². The van der Waals surface area contributed by atoms with Gasteiger partial charge in [-0.1, -0.05) is 71.4 Å². The number of hydrogen-bond donors (Lipinski definition) is 3. The quantitative estimate of drug-likeness (QED) is 0.194. The monoisotopic (exact) mass is 710 g/mol. The highest BCUT2D eigenvalue weighted by Crippen LogP contribution is 2.30. The normalized spacial score (nSPS) is 19.3. The van der Waals surface area contributed by atoms with E-state index in [1.54, 1.807) is 49.5 Å². The van der Waals surface area contributed by atoms with Gasteiger partial charge in [0.2, 0.25) is 17.7 Å². The Labute approximate surface area is 302 Å². The van der Waals surface area contributed by atoms with Crippen LogP contribution in [0, 0.1) is 17.8 Å². The van der Waals surface area contributed by atoms with E-state index in [1.807, 2.05) is 58.0 Å². The van der Waals surface area contributed by atoms with Crippen LogP contribution in [0.15, 0.2) is 48.9 Å². The fraction of sp³-hybridized carbons (Fsp3) is 0.632. The van der Waals surface area contributed by atoms with Crippen molar-refractivity contribution < 1.29 is 33.8 Å². The van der Waals surface area contributed by atoms with Gasteiger partial charge in [0.25, 0.3) is 0 Å². The molecule has 1 fully saturated rings. The van der Waals surface area contributed by atoms with Crippen molar-refractivity contribution in [3.05, 3.63) is 54.5 Å². The predicted molar refractivity (Wildman–Crippen MR) is 195 cm³/mol. The van der Waals surface area contributed by atoms with Gasteiger partial charge in [-0.05, 0) is 37.2 Å². The number of likely N-dealkylation sites (tertiary alicyclic amines) is 1. The molecular formula is C38H58N6O7. The molecule has 3 amide bonds. The van der Waals surface area contributed by atoms with Gasteiger partial charge in [-0.2, -0.15) is 0 Å². The van der Waals surface area contributed by atoms with Gasteiger partial charge in [0.1, 0.15) is 17.4 Å². The molecule has 1 aromatic carbocycles. The summed E-state index contributed by atoms with van der Waals surface area (Å²) in [6.07, 6.45) is 5.65. The number of hydrogen-bond acceptors (Lipinski definition) is 9. The van der Waals surface area contributed by atoms with Gasteiger partial charge in [-0.25, -0.2) is 9.78 Å². The first-order valence-corrected chi connectivity index (χ1v) is 17.9. The van der Waals surface area contributed by atoms with Gasteiger partial charge < -0.3 is 35.0 Å². The molecule has 0 aliphatic carbocycles. The van der Waals surface area contributed by atoms with Crippen LogP contribution in [0.5, 0.6) is 0 Å². The first kappa shape index (κ1) is 41.3. The number of nitrogens with one attached hydrogen (secondary N) is 2. The molecule has 1 saturated heterocycles. The van der Waals surface area contributed by atoms with E-state index in [1.165, 1.54) is 14.0 Å². The van der Waals surface area contributed by atoms with Gasteiger partial charge in [-0.3, -0.25) is 19.4 Å². The number of carboxylic acid groups (broad SMARTS) is 1. The molecule has 2 heterocycles. The fourth-order valence-corrected chi connectivity index (χ4v) is 7.14. The highest BCUT2D eigenvalue weighted by atomic mass is 16.5. The predicted octanol–water partition coefficient (Wildman–Crippen LogP) is 4.04. The minimum atomic E-state index is -1.55. The minimum Gasteiger partial charge on any atom is -0.480 e. The number of nitrogens with zero attached hydrogens (tertiary/aromatic N) is 4. The van der Waals surface area contributed by atoms with Crippen molar-refractivity contribution in [2.75, 3.05) is 33.1 Å². The first-order valence-electron chi connectivity index (χ1n) is 17.9. The molecule has 1 aromatic heterocycles. The summed E-state index contributed by atoms with van der Waals surface area (Å²) < 4.78 is 11.9. The summed E-state index contributed by atoms with van der Waals surface area (Å²) in [6, 6.07) is 7.74. The number of methoxy groups -OCH3 is 2. The van der Waals surface area contributed by atoms with E-state index < -0.39 is 53.7 Å². The van der Waals surface area contributed by atoms with Crippen LogP contribution in [-0.2, 0) is 35.1 Å². The lowest BCUT2D eigenvalue weighted by atomic mass is 9.89. The second-order valence-corrected chi connectivity index (χ2v) is 14.3. The third-order valence-electron chi connectivity index (χ3n) is 10.3. The number of carbonyl (C=O) groups is 4. The number of benzene rings is 1. The molecule has 0 spiro atoms. The van der Waals surface area contributed by atoms with E-state index in [9.17, 15) is 24.3 Å². The Morgan fingerprint density at radius 2 is 1.76 bits per heavy atom. The summed E-state index contributed by atoms with van der Waals surface area (Å²) in [7, 11) is 4.82. The standard InChI is InChI=1S/C38H58N6O7/c1-10-25(4)33(43(7)36(47)32(24(2)3)41-30-23-39-18-19-40-30)29(50-8)21-31(45)44-20-14-17-28(44)34(51-9)26(5)35(46)42-38(6,37(48)49)22-27-15-12-11-13-16-27/h11-13,15-16,18-19,23-26,28-29,32-34H,10,14,17,20-22H2,1-9H3,(H,40,41)(H,42,46)(H,48,49)/t25-,26+,28-,29+,32-,33-,34+,38-/m0/s1. The first-order chi connectivity index (χ1) is 24.2. The van der Waals surface area contributed by atoms with Crippen molar-refractivity contribution >= 4 is 29.5 Å². The molecule has 8 atom stereocenters. The summed E-state index contributed by atoms with van der Waals surface area (Å²) in [5, 5.41) is 16.1. The highest BCUT2D eigenvalue weighted by molar-refractivity contribution is 5.88. The smallest absolute Gasteiger partial charge is 0.329 e. The van der Waals surface area contributed by atoms with Crippen LogP contribution in [0.25, 0.3) is 0 Å². The number of ether oxygens (including phenoxy) is 2. The molecule has 3 N–H and O–H groups in total. The van der Waals surface area contributed by atoms with Crippen LogP contribution in [0.3, 0.4) is 0 Å². The van der Waals surface area contributed by atoms with E-state index in [0.717, 1.165) is 18.4 Å². The zero-order valence-electron chi connectivity index (χ0n) is 31.7. The third-order valence-corrected chi connectivity index (χ3v) is 10.3. The van der Waals surface area contributed by atoms with E-state index in [2.05, 4.69) is 20.6 Å². The van der Waals surface area contributed by atoms with Crippen molar-refractivity contribution in [1.29, 1.82) is 0 Å². The maximum atomic E-state index is 14.1. The Kier molecular flexibility index (Phi) is 15.3. The molecule has 13 heteroatoms. The minimum absolute atomic E-state index is 0.00489. The van der Waals surface area contributed by atoms with Crippen LogP contribution < -0.4 is 10.6 Å². The number of rotatable bonds is 19. The van der Waals surface area contributed by atoms with Gasteiger partial charge in [0.15, 0.2) is 0 Å². The topological polar surface area (TPSA) is 163 Å². The van der Waals surface area contributed by atoms with E-state index in [-0.39, 0.29) is 36.5 Å². The van der Waals surface area contributed by atoms with Gasteiger partial charge in [0, 0.05) is 46.6 Å². The molecule has 51 heavy (non-hydrogen) atoms. The highest BCUT2D eigenvalue weighted by Gasteiger charge is 2.44. The van der Waals surface area contributed by atoms with Crippen molar-refractivity contribution in [1.82, 2.24) is 25.1 Å². The number of carbonyl (C=O) groups excluding carboxylic acids is 3. The Hall–Kier alpha value is -4.10. The average Bonchev–Trinajstić information content (AvgIpc) is 3.60. The lowest BCUT2D eigenvalue weighted by molar-refractivity contribution is -0.150. The zero-order chi connectivity index (χ0) is 37.9.